The van der Waals surface area contributed by atoms with Gasteiger partial charge in [-0.1, -0.05) is 0 Å². The summed E-state index contributed by atoms with van der Waals surface area (Å²) < 4.78 is 31.4. The summed E-state index contributed by atoms with van der Waals surface area (Å²) in [7, 11) is -1.68. The summed E-state index contributed by atoms with van der Waals surface area (Å²) in [6.45, 7) is 0.905. The Morgan fingerprint density at radius 3 is 2.50 bits per heavy atom. The van der Waals surface area contributed by atoms with Gasteiger partial charge in [-0.25, -0.2) is 8.42 Å². The van der Waals surface area contributed by atoms with Gasteiger partial charge in [0.1, 0.15) is 5.75 Å². The van der Waals surface area contributed by atoms with Crippen molar-refractivity contribution in [3.63, 3.8) is 0 Å². The maximum Gasteiger partial charge on any atom is 0.232 e. The van der Waals surface area contributed by atoms with E-state index in [4.69, 9.17) is 4.74 Å². The van der Waals surface area contributed by atoms with E-state index in [1.54, 1.807) is 31.4 Å². The molecule has 6 heteroatoms. The monoisotopic (exact) mass is 298 g/mol. The average Bonchev–Trinajstić information content (AvgIpc) is 3.23. The van der Waals surface area contributed by atoms with E-state index < -0.39 is 10.0 Å². The van der Waals surface area contributed by atoms with Crippen LogP contribution in [0.25, 0.3) is 0 Å². The highest BCUT2D eigenvalue weighted by Crippen LogP contribution is 2.18. The van der Waals surface area contributed by atoms with Crippen LogP contribution in [-0.2, 0) is 10.0 Å². The lowest BCUT2D eigenvalue weighted by atomic mass is 10.3. The normalized spacial score (nSPS) is 15.1. The molecule has 2 rings (SSSR count). The van der Waals surface area contributed by atoms with E-state index >= 15 is 0 Å². The summed E-state index contributed by atoms with van der Waals surface area (Å²) in [5.41, 5.74) is 0.571. The van der Waals surface area contributed by atoms with Gasteiger partial charge in [-0.15, -0.1) is 0 Å². The maximum absolute atomic E-state index is 11.9. The molecule has 0 heterocycles. The van der Waals surface area contributed by atoms with Crippen LogP contribution in [0.3, 0.4) is 0 Å². The molecule has 0 unspecified atom stereocenters. The van der Waals surface area contributed by atoms with Gasteiger partial charge in [-0.2, -0.15) is 0 Å². The molecule has 1 aliphatic carbocycles. The molecule has 0 saturated heterocycles. The molecule has 112 valence electrons. The van der Waals surface area contributed by atoms with Crippen LogP contribution >= 0.6 is 0 Å². The van der Waals surface area contributed by atoms with Crippen LogP contribution in [0.1, 0.15) is 25.7 Å². The van der Waals surface area contributed by atoms with Gasteiger partial charge in [-0.3, -0.25) is 4.72 Å². The molecule has 5 nitrogen and oxygen atoms in total. The van der Waals surface area contributed by atoms with Crippen LogP contribution in [0.15, 0.2) is 24.3 Å². The number of unbranched alkanes of at least 4 members (excludes halogenated alkanes) is 1. The molecule has 0 atom stereocenters. The first-order valence-corrected chi connectivity index (χ1v) is 8.62. The van der Waals surface area contributed by atoms with E-state index in [1.165, 1.54) is 12.8 Å². The molecule has 0 bridgehead atoms. The quantitative estimate of drug-likeness (QED) is 0.684. The predicted molar refractivity (Wildman–Crippen MR) is 80.7 cm³/mol. The summed E-state index contributed by atoms with van der Waals surface area (Å²) in [4.78, 5) is 0. The van der Waals surface area contributed by atoms with E-state index in [9.17, 15) is 8.42 Å². The zero-order chi connectivity index (χ0) is 14.4. The number of nitrogens with one attached hydrogen (secondary N) is 2. The fraction of sp³-hybridized carbons (Fsp3) is 0.571. The highest BCUT2D eigenvalue weighted by atomic mass is 32.2. The second-order valence-electron chi connectivity index (χ2n) is 5.08. The Bertz CT molecular complexity index is 510. The minimum atomic E-state index is -3.26. The Morgan fingerprint density at radius 1 is 1.20 bits per heavy atom. The molecule has 1 saturated carbocycles. The van der Waals surface area contributed by atoms with E-state index in [0.29, 0.717) is 23.9 Å². The number of methoxy groups -OCH3 is 1. The lowest BCUT2D eigenvalue weighted by Crippen LogP contribution is -2.20. The van der Waals surface area contributed by atoms with Crippen LogP contribution in [-0.4, -0.2) is 33.9 Å². The van der Waals surface area contributed by atoms with Gasteiger partial charge in [0, 0.05) is 11.7 Å². The molecule has 1 aromatic carbocycles. The van der Waals surface area contributed by atoms with Gasteiger partial charge in [0.05, 0.1) is 12.9 Å². The largest absolute Gasteiger partial charge is 0.497 e. The smallest absolute Gasteiger partial charge is 0.232 e. The first-order valence-electron chi connectivity index (χ1n) is 6.97. The topological polar surface area (TPSA) is 67.4 Å². The zero-order valence-electron chi connectivity index (χ0n) is 11.8. The van der Waals surface area contributed by atoms with Crippen molar-refractivity contribution in [3.8, 4) is 5.75 Å². The molecule has 1 aliphatic rings. The number of benzene rings is 1. The van der Waals surface area contributed by atoms with Crippen LogP contribution in [0, 0.1) is 0 Å². The molecule has 0 amide bonds. The van der Waals surface area contributed by atoms with Gasteiger partial charge in [0.15, 0.2) is 0 Å². The van der Waals surface area contributed by atoms with Crippen molar-refractivity contribution >= 4 is 15.7 Å². The number of ether oxygens (including phenoxy) is 1. The third-order valence-electron chi connectivity index (χ3n) is 3.21. The third kappa shape index (κ3) is 5.38. The van der Waals surface area contributed by atoms with E-state index in [1.807, 2.05) is 0 Å². The number of sulfonamides is 1. The summed E-state index contributed by atoms with van der Waals surface area (Å²) in [5, 5.41) is 3.38. The fourth-order valence-electron chi connectivity index (χ4n) is 1.90. The molecule has 0 aromatic heterocycles. The van der Waals surface area contributed by atoms with Crippen LogP contribution in [0.5, 0.6) is 5.75 Å². The summed E-state index contributed by atoms with van der Waals surface area (Å²) >= 11 is 0. The first kappa shape index (κ1) is 15.1. The Kier molecular flexibility index (Phi) is 5.25. The highest BCUT2D eigenvalue weighted by molar-refractivity contribution is 7.92. The highest BCUT2D eigenvalue weighted by Gasteiger charge is 2.19. The minimum absolute atomic E-state index is 0.158. The lowest BCUT2D eigenvalue weighted by molar-refractivity contribution is 0.415. The third-order valence-corrected chi connectivity index (χ3v) is 4.59. The van der Waals surface area contributed by atoms with Gasteiger partial charge in [0.25, 0.3) is 0 Å². The van der Waals surface area contributed by atoms with Gasteiger partial charge >= 0.3 is 0 Å². The summed E-state index contributed by atoms with van der Waals surface area (Å²) in [6, 6.07) is 7.55. The van der Waals surface area contributed by atoms with Gasteiger partial charge in [-0.05, 0) is 56.5 Å². The van der Waals surface area contributed by atoms with E-state index in [0.717, 1.165) is 13.0 Å². The van der Waals surface area contributed by atoms with Crippen molar-refractivity contribution in [1.82, 2.24) is 5.32 Å². The molecule has 20 heavy (non-hydrogen) atoms. The SMILES string of the molecule is COc1ccc(NS(=O)(=O)CCCCNC2CC2)cc1. The van der Waals surface area contributed by atoms with Crippen molar-refractivity contribution in [1.29, 1.82) is 0 Å². The van der Waals surface area contributed by atoms with Crippen molar-refractivity contribution in [2.45, 2.75) is 31.7 Å². The van der Waals surface area contributed by atoms with E-state index in [2.05, 4.69) is 10.0 Å². The molecule has 1 aromatic rings. The number of anilines is 1. The van der Waals surface area contributed by atoms with Crippen molar-refractivity contribution in [3.05, 3.63) is 24.3 Å². The lowest BCUT2D eigenvalue weighted by Gasteiger charge is -2.09. The van der Waals surface area contributed by atoms with Crippen molar-refractivity contribution < 1.29 is 13.2 Å². The number of rotatable bonds is 9. The molecule has 0 aliphatic heterocycles. The minimum Gasteiger partial charge on any atom is -0.497 e. The summed E-state index contributed by atoms with van der Waals surface area (Å²) in [6.07, 6.45) is 4.08. The fourth-order valence-corrected chi connectivity index (χ4v) is 3.08. The first-order chi connectivity index (χ1) is 9.59. The van der Waals surface area contributed by atoms with Crippen molar-refractivity contribution in [2.24, 2.45) is 0 Å². The zero-order valence-corrected chi connectivity index (χ0v) is 12.6. The Hall–Kier alpha value is -1.27. The van der Waals surface area contributed by atoms with Crippen LogP contribution in [0.4, 0.5) is 5.69 Å². The van der Waals surface area contributed by atoms with E-state index in [-0.39, 0.29) is 5.75 Å². The van der Waals surface area contributed by atoms with Crippen LogP contribution in [0.2, 0.25) is 0 Å². The number of hydrogen-bond acceptors (Lipinski definition) is 4. The molecular weight excluding hydrogens is 276 g/mol. The van der Waals surface area contributed by atoms with Crippen LogP contribution < -0.4 is 14.8 Å². The van der Waals surface area contributed by atoms with Crippen molar-refractivity contribution in [2.75, 3.05) is 24.1 Å². The molecule has 0 radical (unpaired) electrons. The second-order valence-corrected chi connectivity index (χ2v) is 6.93. The predicted octanol–water partition coefficient (Wildman–Crippen LogP) is 1.97. The Balaban J connectivity index is 1.71. The Labute approximate surface area is 120 Å². The molecular formula is C14H22N2O3S. The van der Waals surface area contributed by atoms with Gasteiger partial charge in [0.2, 0.25) is 10.0 Å². The summed E-state index contributed by atoms with van der Waals surface area (Å²) in [5.74, 6) is 0.866. The molecule has 2 N–H and O–H groups in total. The maximum atomic E-state index is 11.9. The number of hydrogen-bond donors (Lipinski definition) is 2. The van der Waals surface area contributed by atoms with Gasteiger partial charge < -0.3 is 10.1 Å². The Morgan fingerprint density at radius 2 is 1.90 bits per heavy atom. The average molecular weight is 298 g/mol. The second kappa shape index (κ2) is 6.95. The standard InChI is InChI=1S/C14H22N2O3S/c1-19-14-8-6-13(7-9-14)16-20(17,18)11-3-2-10-15-12-4-5-12/h6-9,12,15-16H,2-5,10-11H2,1H3. The molecule has 0 spiro atoms. The molecule has 1 fully saturated rings.